The van der Waals surface area contributed by atoms with Gasteiger partial charge in [-0.2, -0.15) is 0 Å². The first-order valence-electron chi connectivity index (χ1n) is 13.9. The first kappa shape index (κ1) is 32.2. The average Bonchev–Trinajstić information content (AvgIpc) is 2.90. The van der Waals surface area contributed by atoms with Crippen molar-refractivity contribution in [3.8, 4) is 0 Å². The van der Waals surface area contributed by atoms with E-state index in [2.05, 4.69) is 20.4 Å². The molecule has 0 saturated carbocycles. The lowest BCUT2D eigenvalue weighted by Crippen LogP contribution is -2.66. The van der Waals surface area contributed by atoms with Gasteiger partial charge >= 0.3 is 0 Å². The quantitative estimate of drug-likeness (QED) is 0.174. The average molecular weight is 529 g/mol. The Bertz CT molecular complexity index is 1010. The summed E-state index contributed by atoms with van der Waals surface area (Å²) in [5.41, 5.74) is -0.130. The van der Waals surface area contributed by atoms with Gasteiger partial charge in [0.25, 0.3) is 0 Å². The third-order valence-corrected chi connectivity index (χ3v) is 7.46. The molecule has 0 heterocycles. The van der Waals surface area contributed by atoms with E-state index in [1.807, 2.05) is 48.5 Å². The van der Waals surface area contributed by atoms with Crippen LogP contribution in [0.3, 0.4) is 0 Å². The third kappa shape index (κ3) is 8.22. The number of aliphatic hydroxyl groups excluding tert-OH is 4. The minimum Gasteiger partial charge on any atom is -0.394 e. The number of unbranched alkanes of at least 4 members (excludes halogenated alkanes) is 2. The van der Waals surface area contributed by atoms with Gasteiger partial charge in [0.1, 0.15) is 29.5 Å². The highest BCUT2D eigenvalue weighted by Crippen LogP contribution is 2.37. The topological polar surface area (TPSA) is 121 Å². The molecule has 6 N–H and O–H groups in total. The smallest absolute Gasteiger partial charge is 0.126 e. The molecule has 0 aromatic heterocycles. The lowest BCUT2D eigenvalue weighted by molar-refractivity contribution is -0.228. The maximum Gasteiger partial charge on any atom is 0.126 e. The molecule has 0 bridgehead atoms. The van der Waals surface area contributed by atoms with Crippen molar-refractivity contribution in [1.29, 1.82) is 0 Å². The van der Waals surface area contributed by atoms with Crippen LogP contribution in [0.2, 0.25) is 0 Å². The van der Waals surface area contributed by atoms with Crippen molar-refractivity contribution < 1.29 is 30.6 Å². The third-order valence-electron chi connectivity index (χ3n) is 7.46. The summed E-state index contributed by atoms with van der Waals surface area (Å²) in [6.07, 6.45) is -0.308. The number of rotatable bonds is 17. The van der Waals surface area contributed by atoms with Gasteiger partial charge in [0.2, 0.25) is 0 Å². The van der Waals surface area contributed by atoms with Crippen LogP contribution in [0.4, 0.5) is 0 Å². The Morgan fingerprint density at radius 2 is 1.24 bits per heavy atom. The normalized spacial score (nSPS) is 17.3. The lowest BCUT2D eigenvalue weighted by Gasteiger charge is -2.46. The number of aliphatic hydroxyl groups is 6. The maximum atomic E-state index is 12.1. The van der Waals surface area contributed by atoms with Crippen LogP contribution in [0.25, 0.3) is 0 Å². The summed E-state index contributed by atoms with van der Waals surface area (Å²) in [6.45, 7) is 9.05. The number of aryl methyl sites for hydroxylation is 2. The van der Waals surface area contributed by atoms with E-state index in [-0.39, 0.29) is 19.3 Å². The monoisotopic (exact) mass is 528 g/mol. The van der Waals surface area contributed by atoms with Crippen molar-refractivity contribution in [1.82, 2.24) is 0 Å². The molecule has 38 heavy (non-hydrogen) atoms. The van der Waals surface area contributed by atoms with Crippen LogP contribution in [-0.2, 0) is 25.7 Å². The lowest BCUT2D eigenvalue weighted by atomic mass is 9.70. The molecule has 2 aromatic carbocycles. The summed E-state index contributed by atoms with van der Waals surface area (Å²) >= 11 is 0. The fourth-order valence-electron chi connectivity index (χ4n) is 5.36. The van der Waals surface area contributed by atoms with Crippen LogP contribution in [0, 0.1) is 0 Å². The zero-order chi connectivity index (χ0) is 28.3. The molecule has 2 rings (SSSR count). The zero-order valence-corrected chi connectivity index (χ0v) is 23.3. The van der Waals surface area contributed by atoms with Gasteiger partial charge in [0.15, 0.2) is 0 Å². The molecule has 6 nitrogen and oxygen atoms in total. The van der Waals surface area contributed by atoms with E-state index in [1.165, 1.54) is 0 Å². The Morgan fingerprint density at radius 1 is 0.789 bits per heavy atom. The van der Waals surface area contributed by atoms with Crippen molar-refractivity contribution in [2.75, 3.05) is 6.61 Å². The highest BCUT2D eigenvalue weighted by atomic mass is 16.4. The molecule has 0 aliphatic rings. The van der Waals surface area contributed by atoms with Gasteiger partial charge < -0.3 is 30.6 Å². The molecule has 0 aliphatic heterocycles. The summed E-state index contributed by atoms with van der Waals surface area (Å²) < 4.78 is 0. The van der Waals surface area contributed by atoms with Crippen LogP contribution < -0.4 is 0 Å². The van der Waals surface area contributed by atoms with Crippen molar-refractivity contribution >= 4 is 0 Å². The first-order valence-corrected chi connectivity index (χ1v) is 13.9. The molecule has 2 aromatic rings. The van der Waals surface area contributed by atoms with E-state index in [4.69, 9.17) is 0 Å². The predicted molar refractivity (Wildman–Crippen MR) is 152 cm³/mol. The Hall–Kier alpha value is -2.06. The molecular weight excluding hydrogens is 480 g/mol. The van der Waals surface area contributed by atoms with E-state index in [0.717, 1.165) is 55.2 Å². The Morgan fingerprint density at radius 3 is 1.66 bits per heavy atom. The SMILES string of the molecule is C=C(C)CC(O)(Cc1ccccc1CCCC)[C@@H](O)[C@@](O)(Cc1ccccc1CCCC)[C@H](O)[C@@H](O)CO. The summed E-state index contributed by atoms with van der Waals surface area (Å²) in [7, 11) is 0. The summed E-state index contributed by atoms with van der Waals surface area (Å²) in [6, 6.07) is 15.2. The minimum atomic E-state index is -2.37. The van der Waals surface area contributed by atoms with Crippen molar-refractivity contribution in [2.24, 2.45) is 0 Å². The van der Waals surface area contributed by atoms with E-state index < -0.39 is 36.1 Å². The molecule has 6 heteroatoms. The van der Waals surface area contributed by atoms with Gasteiger partial charge in [-0.1, -0.05) is 80.8 Å². The summed E-state index contributed by atoms with van der Waals surface area (Å²) in [5.74, 6) is 0. The molecule has 1 unspecified atom stereocenters. The molecule has 0 spiro atoms. The highest BCUT2D eigenvalue weighted by molar-refractivity contribution is 5.32. The highest BCUT2D eigenvalue weighted by Gasteiger charge is 2.54. The number of hydrogen-bond acceptors (Lipinski definition) is 6. The van der Waals surface area contributed by atoms with Crippen LogP contribution in [0.15, 0.2) is 60.7 Å². The van der Waals surface area contributed by atoms with Crippen LogP contribution in [0.1, 0.15) is 75.1 Å². The molecule has 5 atom stereocenters. The predicted octanol–water partition coefficient (Wildman–Crippen LogP) is 3.66. The second-order valence-electron chi connectivity index (χ2n) is 10.9. The van der Waals surface area contributed by atoms with Gasteiger partial charge in [-0.05, 0) is 61.3 Å². The Labute approximate surface area is 228 Å². The largest absolute Gasteiger partial charge is 0.394 e. The van der Waals surface area contributed by atoms with Gasteiger partial charge in [-0.25, -0.2) is 0 Å². The summed E-state index contributed by atoms with van der Waals surface area (Å²) in [4.78, 5) is 0. The molecule has 0 saturated heterocycles. The number of hydrogen-bond donors (Lipinski definition) is 6. The van der Waals surface area contributed by atoms with E-state index >= 15 is 0 Å². The minimum absolute atomic E-state index is 0.0165. The van der Waals surface area contributed by atoms with Crippen LogP contribution in [-0.4, -0.2) is 66.8 Å². The van der Waals surface area contributed by atoms with Crippen molar-refractivity contribution in [3.63, 3.8) is 0 Å². The molecule has 0 radical (unpaired) electrons. The Balaban J connectivity index is 2.59. The zero-order valence-electron chi connectivity index (χ0n) is 23.3. The second kappa shape index (κ2) is 14.9. The van der Waals surface area contributed by atoms with Gasteiger partial charge in [0.05, 0.1) is 6.61 Å². The standard InChI is InChI=1S/C32H48O6/c1-5-7-13-24-15-9-11-17-26(24)20-31(37,19-23(3)4)30(36)32(38,29(35)28(34)22-33)21-27-18-12-10-16-25(27)14-8-6-2/h9-12,15-18,28-30,33-38H,3,5-8,13-14,19-22H2,1-2,4H3/t28-,29+,30+,31?,32+/m0/s1. The van der Waals surface area contributed by atoms with Crippen molar-refractivity contribution in [2.45, 2.75) is 108 Å². The molecule has 0 fully saturated rings. The van der Waals surface area contributed by atoms with Crippen molar-refractivity contribution in [3.05, 3.63) is 82.9 Å². The second-order valence-corrected chi connectivity index (χ2v) is 10.9. The maximum absolute atomic E-state index is 12.1. The first-order chi connectivity index (χ1) is 18.0. The van der Waals surface area contributed by atoms with E-state index in [9.17, 15) is 30.6 Å². The fraction of sp³-hybridized carbons (Fsp3) is 0.562. The van der Waals surface area contributed by atoms with E-state index in [1.54, 1.807) is 6.92 Å². The summed E-state index contributed by atoms with van der Waals surface area (Å²) in [5, 5.41) is 67.0. The van der Waals surface area contributed by atoms with Gasteiger partial charge in [-0.15, -0.1) is 6.58 Å². The molecule has 212 valence electrons. The van der Waals surface area contributed by atoms with E-state index in [0.29, 0.717) is 11.1 Å². The molecule has 0 aliphatic carbocycles. The fourth-order valence-corrected chi connectivity index (χ4v) is 5.36. The molecule has 0 amide bonds. The van der Waals surface area contributed by atoms with Gasteiger partial charge in [0, 0.05) is 12.8 Å². The van der Waals surface area contributed by atoms with Crippen LogP contribution in [0.5, 0.6) is 0 Å². The van der Waals surface area contributed by atoms with Gasteiger partial charge in [-0.3, -0.25) is 0 Å². The van der Waals surface area contributed by atoms with Crippen LogP contribution >= 0.6 is 0 Å². The Kier molecular flexibility index (Phi) is 12.6. The number of benzene rings is 2. The molecular formula is C32H48O6.